The maximum absolute atomic E-state index is 5.25. The number of hydrogen-bond donors (Lipinski definition) is 1. The fourth-order valence-corrected chi connectivity index (χ4v) is 2.47. The Bertz CT molecular complexity index is 369. The van der Waals surface area contributed by atoms with Gasteiger partial charge in [0.05, 0.1) is 7.11 Å². The third-order valence-electron chi connectivity index (χ3n) is 3.44. The molecule has 0 atom stereocenters. The molecule has 1 heterocycles. The first-order chi connectivity index (χ1) is 6.84. The molecule has 2 nitrogen and oxygen atoms in total. The van der Waals surface area contributed by atoms with E-state index in [-0.39, 0.29) is 0 Å². The van der Waals surface area contributed by atoms with Gasteiger partial charge in [0, 0.05) is 12.1 Å². The average molecular weight is 189 g/mol. The van der Waals surface area contributed by atoms with Gasteiger partial charge in [-0.2, -0.15) is 0 Å². The van der Waals surface area contributed by atoms with E-state index in [1.807, 2.05) is 0 Å². The largest absolute Gasteiger partial charge is 0.497 e. The van der Waals surface area contributed by atoms with E-state index in [9.17, 15) is 0 Å². The molecule has 2 heteroatoms. The van der Waals surface area contributed by atoms with Crippen LogP contribution < -0.4 is 10.1 Å². The minimum Gasteiger partial charge on any atom is -0.497 e. The summed E-state index contributed by atoms with van der Waals surface area (Å²) in [5.41, 5.74) is 3.32. The average Bonchev–Trinajstić information content (AvgIpc) is 2.99. The molecule has 14 heavy (non-hydrogen) atoms. The molecule has 0 bridgehead atoms. The molecular formula is C12H15NO. The quantitative estimate of drug-likeness (QED) is 0.727. The zero-order valence-electron chi connectivity index (χ0n) is 8.47. The van der Waals surface area contributed by atoms with Gasteiger partial charge in [0.25, 0.3) is 0 Å². The molecular weight excluding hydrogens is 174 g/mol. The molecule has 0 amide bonds. The molecule has 1 spiro atoms. The normalized spacial score (nSPS) is 21.8. The monoisotopic (exact) mass is 189 g/mol. The van der Waals surface area contributed by atoms with Gasteiger partial charge in [-0.05, 0) is 42.5 Å². The van der Waals surface area contributed by atoms with Gasteiger partial charge in [-0.25, -0.2) is 0 Å². The Kier molecular flexibility index (Phi) is 1.62. The Labute approximate surface area is 84.3 Å². The van der Waals surface area contributed by atoms with Crippen LogP contribution in [0.1, 0.15) is 24.0 Å². The zero-order chi connectivity index (χ0) is 9.60. The molecule has 0 radical (unpaired) electrons. The van der Waals surface area contributed by atoms with Crippen LogP contribution in [-0.4, -0.2) is 13.7 Å². The first kappa shape index (κ1) is 8.30. The van der Waals surface area contributed by atoms with Crippen LogP contribution in [0, 0.1) is 0 Å². The first-order valence-corrected chi connectivity index (χ1v) is 5.26. The molecule has 1 fully saturated rings. The fourth-order valence-electron chi connectivity index (χ4n) is 2.47. The van der Waals surface area contributed by atoms with Crippen LogP contribution in [0.3, 0.4) is 0 Å². The molecule has 1 aromatic carbocycles. The van der Waals surface area contributed by atoms with Gasteiger partial charge in [0.15, 0.2) is 0 Å². The predicted octanol–water partition coefficient (Wildman–Crippen LogP) is 1.83. The fraction of sp³-hybridized carbons (Fsp3) is 0.500. The summed E-state index contributed by atoms with van der Waals surface area (Å²) in [4.78, 5) is 0. The van der Waals surface area contributed by atoms with Gasteiger partial charge < -0.3 is 10.1 Å². The van der Waals surface area contributed by atoms with Crippen molar-refractivity contribution < 1.29 is 4.74 Å². The zero-order valence-corrected chi connectivity index (χ0v) is 8.47. The molecule has 1 aliphatic carbocycles. The van der Waals surface area contributed by atoms with Crippen molar-refractivity contribution in [3.05, 3.63) is 29.3 Å². The highest BCUT2D eigenvalue weighted by molar-refractivity contribution is 5.44. The maximum Gasteiger partial charge on any atom is 0.119 e. The van der Waals surface area contributed by atoms with Crippen LogP contribution in [0.15, 0.2) is 18.2 Å². The maximum atomic E-state index is 5.25. The highest BCUT2D eigenvalue weighted by atomic mass is 16.5. The minimum absolute atomic E-state index is 0.347. The number of benzene rings is 1. The molecule has 1 N–H and O–H groups in total. The molecule has 74 valence electrons. The molecule has 0 saturated heterocycles. The van der Waals surface area contributed by atoms with Crippen molar-refractivity contribution in [2.75, 3.05) is 13.7 Å². The van der Waals surface area contributed by atoms with Gasteiger partial charge in [-0.1, -0.05) is 6.07 Å². The van der Waals surface area contributed by atoms with E-state index < -0.39 is 0 Å². The highest BCUT2D eigenvalue weighted by Crippen LogP contribution is 2.48. The summed E-state index contributed by atoms with van der Waals surface area (Å²) >= 11 is 0. The van der Waals surface area contributed by atoms with Crippen molar-refractivity contribution in [2.24, 2.45) is 0 Å². The highest BCUT2D eigenvalue weighted by Gasteiger charge is 2.46. The summed E-state index contributed by atoms with van der Waals surface area (Å²) < 4.78 is 5.25. The SMILES string of the molecule is COc1ccc2c(c1)CCNC21CC1. The molecule has 3 rings (SSSR count). The lowest BCUT2D eigenvalue weighted by atomic mass is 9.92. The molecule has 1 aromatic rings. The minimum atomic E-state index is 0.347. The summed E-state index contributed by atoms with van der Waals surface area (Å²) in [5.74, 6) is 0.987. The van der Waals surface area contributed by atoms with E-state index in [0.717, 1.165) is 18.7 Å². The van der Waals surface area contributed by atoms with E-state index in [2.05, 4.69) is 23.5 Å². The molecule has 2 aliphatic rings. The predicted molar refractivity (Wildman–Crippen MR) is 55.6 cm³/mol. The lowest BCUT2D eigenvalue weighted by Gasteiger charge is -2.27. The van der Waals surface area contributed by atoms with E-state index in [4.69, 9.17) is 4.74 Å². The van der Waals surface area contributed by atoms with Crippen molar-refractivity contribution in [1.29, 1.82) is 0 Å². The van der Waals surface area contributed by atoms with E-state index >= 15 is 0 Å². The lowest BCUT2D eigenvalue weighted by Crippen LogP contribution is -2.36. The second-order valence-electron chi connectivity index (χ2n) is 4.28. The number of fused-ring (bicyclic) bond motifs is 2. The number of methoxy groups -OCH3 is 1. The summed E-state index contributed by atoms with van der Waals surface area (Å²) in [7, 11) is 1.73. The third-order valence-corrected chi connectivity index (χ3v) is 3.44. The van der Waals surface area contributed by atoms with Gasteiger partial charge in [-0.15, -0.1) is 0 Å². The summed E-state index contributed by atoms with van der Waals surface area (Å²) in [5, 5.41) is 3.62. The van der Waals surface area contributed by atoms with Crippen LogP contribution >= 0.6 is 0 Å². The summed E-state index contributed by atoms with van der Waals surface area (Å²) in [6.45, 7) is 1.11. The van der Waals surface area contributed by atoms with Crippen molar-refractivity contribution >= 4 is 0 Å². The van der Waals surface area contributed by atoms with Crippen molar-refractivity contribution in [2.45, 2.75) is 24.8 Å². The Balaban J connectivity index is 2.07. The lowest BCUT2D eigenvalue weighted by molar-refractivity contribution is 0.411. The van der Waals surface area contributed by atoms with Gasteiger partial charge in [0.2, 0.25) is 0 Å². The van der Waals surface area contributed by atoms with E-state index in [1.165, 1.54) is 24.0 Å². The molecule has 0 aromatic heterocycles. The van der Waals surface area contributed by atoms with Crippen molar-refractivity contribution in [3.63, 3.8) is 0 Å². The van der Waals surface area contributed by atoms with Crippen LogP contribution in [0.5, 0.6) is 5.75 Å². The summed E-state index contributed by atoms with van der Waals surface area (Å²) in [6, 6.07) is 6.50. The molecule has 1 saturated carbocycles. The number of nitrogens with one attached hydrogen (secondary N) is 1. The van der Waals surface area contributed by atoms with Crippen LogP contribution in [-0.2, 0) is 12.0 Å². The Hall–Kier alpha value is -1.02. The molecule has 0 unspecified atom stereocenters. The van der Waals surface area contributed by atoms with Gasteiger partial charge in [0.1, 0.15) is 5.75 Å². The van der Waals surface area contributed by atoms with E-state index in [0.29, 0.717) is 5.54 Å². The smallest absolute Gasteiger partial charge is 0.119 e. The van der Waals surface area contributed by atoms with Gasteiger partial charge in [-0.3, -0.25) is 0 Å². The van der Waals surface area contributed by atoms with Crippen molar-refractivity contribution in [1.82, 2.24) is 5.32 Å². The Morgan fingerprint density at radius 1 is 1.36 bits per heavy atom. The topological polar surface area (TPSA) is 21.3 Å². The molecule has 1 aliphatic heterocycles. The van der Waals surface area contributed by atoms with Gasteiger partial charge >= 0.3 is 0 Å². The Morgan fingerprint density at radius 2 is 2.21 bits per heavy atom. The first-order valence-electron chi connectivity index (χ1n) is 5.26. The number of ether oxygens (including phenoxy) is 1. The summed E-state index contributed by atoms with van der Waals surface area (Å²) in [6.07, 6.45) is 3.73. The number of rotatable bonds is 1. The Morgan fingerprint density at radius 3 is 2.93 bits per heavy atom. The van der Waals surface area contributed by atoms with E-state index in [1.54, 1.807) is 7.11 Å². The second kappa shape index (κ2) is 2.74. The third kappa shape index (κ3) is 1.07. The van der Waals surface area contributed by atoms with Crippen LogP contribution in [0.2, 0.25) is 0 Å². The van der Waals surface area contributed by atoms with Crippen molar-refractivity contribution in [3.8, 4) is 5.75 Å². The van der Waals surface area contributed by atoms with Crippen LogP contribution in [0.25, 0.3) is 0 Å². The van der Waals surface area contributed by atoms with Crippen LogP contribution in [0.4, 0.5) is 0 Å². The second-order valence-corrected chi connectivity index (χ2v) is 4.28. The standard InChI is InChI=1S/C12H15NO/c1-14-10-2-3-11-9(8-10)4-7-13-12(11)5-6-12/h2-3,8,13H,4-7H2,1H3. The number of hydrogen-bond acceptors (Lipinski definition) is 2.